The van der Waals surface area contributed by atoms with E-state index in [2.05, 4.69) is 37.2 Å². The fraction of sp³-hybridized carbons (Fsp3) is 0.542. The molecule has 0 fully saturated rings. The van der Waals surface area contributed by atoms with E-state index < -0.39 is 34.9 Å². The highest BCUT2D eigenvalue weighted by Crippen LogP contribution is 2.08. The number of aliphatic imine (C=N–C) groups is 2. The molecule has 0 atom stereocenters. The number of hydrogen-bond donors (Lipinski definition) is 3. The summed E-state index contributed by atoms with van der Waals surface area (Å²) in [4.78, 5) is 60.2. The Hall–Kier alpha value is -3.68. The van der Waals surface area contributed by atoms with Gasteiger partial charge in [0.2, 0.25) is 6.08 Å². The molecular weight excluding hydrogens is 587 g/mol. The molecule has 0 unspecified atom stereocenters. The van der Waals surface area contributed by atoms with E-state index >= 15 is 0 Å². The number of isocyanates is 1. The maximum atomic E-state index is 13.0. The van der Waals surface area contributed by atoms with Gasteiger partial charge in [0, 0.05) is 20.6 Å². The maximum absolute atomic E-state index is 13.0. The number of hydrogen-bond acceptors (Lipinski definition) is 9. The molecule has 0 saturated carbocycles. The number of H-pyrrole nitrogens is 1. The Bertz CT molecular complexity index is 1200. The molecule has 13 nitrogen and oxygen atoms in total. The molecule has 0 bridgehead atoms. The minimum atomic E-state index is -0.895. The highest BCUT2D eigenvalue weighted by Gasteiger charge is 2.11. The topological polar surface area (TPSA) is 181 Å². The Morgan fingerprint density at radius 2 is 1.78 bits per heavy atom. The summed E-state index contributed by atoms with van der Waals surface area (Å²) in [6.07, 6.45) is 10.6. The molecule has 41 heavy (non-hydrogen) atoms. The van der Waals surface area contributed by atoms with E-state index in [1.165, 1.54) is 18.8 Å². The summed E-state index contributed by atoms with van der Waals surface area (Å²) in [5.74, 6) is -2.18. The molecule has 0 radical (unpaired) electrons. The van der Waals surface area contributed by atoms with Gasteiger partial charge < -0.3 is 16.0 Å². The van der Waals surface area contributed by atoms with Gasteiger partial charge in [0.15, 0.2) is 23.3 Å². The summed E-state index contributed by atoms with van der Waals surface area (Å²) >= 11 is 9.53. The van der Waals surface area contributed by atoms with Crippen LogP contribution in [0.4, 0.5) is 25.2 Å². The first kappa shape index (κ1) is 39.5. The number of nitrogens with zero attached hydrogens (tertiary/aromatic N) is 6. The molecule has 0 spiro atoms. The molecule has 0 aliphatic carbocycles. The molecule has 0 aliphatic heterocycles. The first-order chi connectivity index (χ1) is 19.5. The lowest BCUT2D eigenvalue weighted by molar-refractivity contribution is 0.240. The number of halogens is 4. The van der Waals surface area contributed by atoms with E-state index in [1.54, 1.807) is 19.0 Å². The van der Waals surface area contributed by atoms with Crippen molar-refractivity contribution in [2.24, 2.45) is 9.98 Å². The number of carbonyl (C=O) groups excluding carboxylic acids is 2. The summed E-state index contributed by atoms with van der Waals surface area (Å²) < 4.78 is 26.5. The van der Waals surface area contributed by atoms with Crippen LogP contribution in [0.2, 0.25) is 0 Å². The first-order valence-corrected chi connectivity index (χ1v) is 13.5. The number of alkyl halides is 2. The number of unbranched alkanes of at least 4 members (excludes halogenated alkanes) is 4. The van der Waals surface area contributed by atoms with Gasteiger partial charge in [-0.3, -0.25) is 4.98 Å². The number of nitrogen functional groups attached to an aromatic ring is 1. The lowest BCUT2D eigenvalue weighted by atomic mass is 10.2. The number of nitrogens with one attached hydrogen (secondary N) is 2. The Balaban J connectivity index is 0. The zero-order valence-corrected chi connectivity index (χ0v) is 25.0. The summed E-state index contributed by atoms with van der Waals surface area (Å²) in [7, 11) is 3.47. The van der Waals surface area contributed by atoms with Crippen LogP contribution in [0.15, 0.2) is 32.0 Å². The lowest BCUT2D eigenvalue weighted by Crippen LogP contribution is -2.38. The van der Waals surface area contributed by atoms with Crippen molar-refractivity contribution in [3.8, 4) is 0 Å². The number of carbonyl (C=O) groups is 1. The van der Waals surface area contributed by atoms with Gasteiger partial charge in [0.05, 0.1) is 30.6 Å². The van der Waals surface area contributed by atoms with Crippen molar-refractivity contribution in [1.82, 2.24) is 29.7 Å². The molecule has 230 valence electrons. The van der Waals surface area contributed by atoms with Crippen LogP contribution in [-0.2, 0) is 4.79 Å². The molecule has 0 aromatic carbocycles. The van der Waals surface area contributed by atoms with Crippen LogP contribution >= 0.6 is 23.2 Å². The van der Waals surface area contributed by atoms with Gasteiger partial charge in [-0.2, -0.15) is 9.97 Å². The summed E-state index contributed by atoms with van der Waals surface area (Å²) in [5, 5.41) is 2.69. The number of aromatic amines is 1. The molecule has 1 amide bonds. The molecule has 2 aromatic rings. The van der Waals surface area contributed by atoms with Crippen molar-refractivity contribution in [3.05, 3.63) is 45.0 Å². The highest BCUT2D eigenvalue weighted by molar-refractivity contribution is 6.40. The third-order valence-corrected chi connectivity index (χ3v) is 4.29. The van der Waals surface area contributed by atoms with Crippen LogP contribution in [-0.4, -0.2) is 75.4 Å². The minimum Gasteiger partial charge on any atom is -0.381 e. The van der Waals surface area contributed by atoms with E-state index in [4.69, 9.17) is 28.9 Å². The lowest BCUT2D eigenvalue weighted by Gasteiger charge is -2.06. The highest BCUT2D eigenvalue weighted by atomic mass is 35.5. The third kappa shape index (κ3) is 20.8. The van der Waals surface area contributed by atoms with E-state index in [0.717, 1.165) is 44.5 Å². The zero-order valence-electron chi connectivity index (χ0n) is 23.5. The molecule has 17 heteroatoms. The Morgan fingerprint density at radius 3 is 2.34 bits per heavy atom. The zero-order chi connectivity index (χ0) is 31.6. The van der Waals surface area contributed by atoms with Crippen molar-refractivity contribution in [2.45, 2.75) is 52.4 Å². The average Bonchev–Trinajstić information content (AvgIpc) is 2.93. The van der Waals surface area contributed by atoms with Crippen molar-refractivity contribution < 1.29 is 18.4 Å². The number of aromatic nitrogens is 4. The van der Waals surface area contributed by atoms with Crippen LogP contribution in [0.3, 0.4) is 0 Å². The van der Waals surface area contributed by atoms with Gasteiger partial charge in [-0.05, 0) is 12.8 Å². The maximum Gasteiger partial charge on any atom is 0.357 e. The van der Waals surface area contributed by atoms with Crippen molar-refractivity contribution in [1.29, 1.82) is 0 Å². The van der Waals surface area contributed by atoms with E-state index in [-0.39, 0.29) is 11.2 Å². The molecule has 0 saturated heterocycles. The molecule has 0 aliphatic rings. The number of amides is 1. The molecular formula is C24H37Cl2F2N9O4. The Morgan fingerprint density at radius 1 is 1.17 bits per heavy atom. The second-order valence-corrected chi connectivity index (χ2v) is 8.75. The largest absolute Gasteiger partial charge is 0.381 e. The molecule has 2 heterocycles. The van der Waals surface area contributed by atoms with Crippen molar-refractivity contribution in [3.63, 3.8) is 0 Å². The van der Waals surface area contributed by atoms with Crippen molar-refractivity contribution >= 4 is 53.3 Å². The predicted octanol–water partition coefficient (Wildman–Crippen LogP) is 3.78. The van der Waals surface area contributed by atoms with E-state index in [9.17, 15) is 28.0 Å². The fourth-order valence-electron chi connectivity index (χ4n) is 2.37. The quantitative estimate of drug-likeness (QED) is 0.117. The van der Waals surface area contributed by atoms with Crippen LogP contribution < -0.4 is 22.4 Å². The van der Waals surface area contributed by atoms with Gasteiger partial charge in [0.25, 0.3) is 0 Å². The van der Waals surface area contributed by atoms with Gasteiger partial charge in [-0.25, -0.2) is 42.5 Å². The van der Waals surface area contributed by atoms with E-state index in [0.29, 0.717) is 17.7 Å². The second-order valence-electron chi connectivity index (χ2n) is 7.94. The van der Waals surface area contributed by atoms with Crippen molar-refractivity contribution in [2.75, 3.05) is 38.3 Å². The third-order valence-electron chi connectivity index (χ3n) is 4.29. The van der Waals surface area contributed by atoms with Gasteiger partial charge in [0.1, 0.15) is 0 Å². The average molecular weight is 625 g/mol. The van der Waals surface area contributed by atoms with Crippen LogP contribution in [0, 0.1) is 11.6 Å². The number of anilines is 1. The number of nitrogens with two attached hydrogens (primary N) is 1. The standard InChI is InChI=1S/C10H15FN4O2.C7H9FN4O.C6H11NO.CH2Cl2/c1-2-3-4-5-13-9(16)15-6-7(11)8(12)14-10(15)17;1-12(2)4-10-6-5(8)3-9-7(13)11-6;1-2-3-4-5-7-6-8;2-1-3/h6H,2-5H2,1H3,(H,13,16)(H2,12,14,17);3-4H,1-2H3,(H,9,11,13);2-5H2,1H3;1H2. The molecule has 4 N–H and O–H groups in total. The van der Waals surface area contributed by atoms with Crippen LogP contribution in [0.25, 0.3) is 0 Å². The normalized spacial score (nSPS) is 9.66. The smallest absolute Gasteiger partial charge is 0.357 e. The number of rotatable bonds is 10. The Kier molecular flexibility index (Phi) is 24.4. The Labute approximate surface area is 246 Å². The van der Waals surface area contributed by atoms with Gasteiger partial charge >= 0.3 is 17.4 Å². The van der Waals surface area contributed by atoms with Crippen LogP contribution in [0.1, 0.15) is 52.4 Å². The summed E-state index contributed by atoms with van der Waals surface area (Å²) in [6, 6.07) is -0.697. The fourth-order valence-corrected chi connectivity index (χ4v) is 2.37. The second kappa shape index (κ2) is 25.3. The first-order valence-electron chi connectivity index (χ1n) is 12.4. The molecule has 2 rings (SSSR count). The van der Waals surface area contributed by atoms with Gasteiger partial charge in [-0.15, -0.1) is 23.2 Å². The minimum absolute atomic E-state index is 0.117. The SMILES string of the molecule is CCCCCN=C=O.CCCCCNC(=O)n1cc(F)c(N)nc1=O.CN(C)C=Nc1[nH]c(=O)ncc1F.ClCCl. The predicted molar refractivity (Wildman–Crippen MR) is 157 cm³/mol. The van der Waals surface area contributed by atoms with Crippen LogP contribution in [0.5, 0.6) is 0 Å². The summed E-state index contributed by atoms with van der Waals surface area (Å²) in [5.41, 5.74) is 3.59. The van der Waals surface area contributed by atoms with Gasteiger partial charge in [-0.1, -0.05) is 39.5 Å². The molecule has 2 aromatic heterocycles. The van der Waals surface area contributed by atoms with E-state index in [1.807, 2.05) is 6.92 Å². The summed E-state index contributed by atoms with van der Waals surface area (Å²) in [6.45, 7) is 5.23. The monoisotopic (exact) mass is 623 g/mol.